The van der Waals surface area contributed by atoms with Crippen LogP contribution in [0.15, 0.2) is 41.4 Å². The molecule has 1 atom stereocenters. The van der Waals surface area contributed by atoms with E-state index in [1.54, 1.807) is 6.92 Å². The molecule has 0 aliphatic carbocycles. The van der Waals surface area contributed by atoms with E-state index in [2.05, 4.69) is 21.6 Å². The number of amides is 1. The maximum absolute atomic E-state index is 14.3. The monoisotopic (exact) mass is 433 g/mol. The summed E-state index contributed by atoms with van der Waals surface area (Å²) in [5.41, 5.74) is 5.16. The third kappa shape index (κ3) is 4.06. The highest BCUT2D eigenvalue weighted by molar-refractivity contribution is 6.09. The number of nitrogens with zero attached hydrogens (tertiary/aromatic N) is 2. The van der Waals surface area contributed by atoms with Crippen LogP contribution in [0.2, 0.25) is 0 Å². The van der Waals surface area contributed by atoms with Crippen molar-refractivity contribution in [3.8, 4) is 17.6 Å². The number of likely N-dealkylation sites (N-methyl/N-ethyl adjacent to an activating group) is 1. The van der Waals surface area contributed by atoms with Crippen molar-refractivity contribution in [3.05, 3.63) is 64.5 Å². The van der Waals surface area contributed by atoms with Crippen LogP contribution in [0.3, 0.4) is 0 Å². The number of halogens is 4. The molecule has 2 aromatic rings. The van der Waals surface area contributed by atoms with Crippen LogP contribution >= 0.6 is 0 Å². The minimum Gasteiger partial charge on any atom is -0.435 e. The Morgan fingerprint density at radius 1 is 1.23 bits per heavy atom. The SMILES string of the molecule is Cc1cc([C@@]2(c3ccc(F)c(C#CCCF)c3)N=C(N)N(C)C2=O)ccc1OC(F)F. The van der Waals surface area contributed by atoms with E-state index in [1.807, 2.05) is 0 Å². The van der Waals surface area contributed by atoms with Crippen LogP contribution in [0.4, 0.5) is 17.6 Å². The van der Waals surface area contributed by atoms with Gasteiger partial charge in [-0.3, -0.25) is 14.1 Å². The number of alkyl halides is 3. The largest absolute Gasteiger partial charge is 0.435 e. The first kappa shape index (κ1) is 22.2. The van der Waals surface area contributed by atoms with Gasteiger partial charge in [0.15, 0.2) is 11.5 Å². The molecule has 2 N–H and O–H groups in total. The molecule has 0 saturated heterocycles. The van der Waals surface area contributed by atoms with Gasteiger partial charge in [-0.2, -0.15) is 8.78 Å². The first-order valence-corrected chi connectivity index (χ1v) is 9.25. The molecule has 5 nitrogen and oxygen atoms in total. The standard InChI is InChI=1S/C22H19F4N3O2/c1-13-11-15(7-9-18(13)31-20(25)26)22(19(30)29(2)21(27)28-22)16-6-8-17(24)14(12-16)5-3-4-10-23/h6-9,11-12,20H,4,10H2,1-2H3,(H2,27,28)/t22-/m0/s1. The predicted octanol–water partition coefficient (Wildman–Crippen LogP) is 3.48. The van der Waals surface area contributed by atoms with Crippen molar-refractivity contribution < 1.29 is 27.1 Å². The molecule has 0 bridgehead atoms. The van der Waals surface area contributed by atoms with E-state index in [-0.39, 0.29) is 29.3 Å². The Hall–Kier alpha value is -3.54. The number of carbonyl (C=O) groups is 1. The molecule has 162 valence electrons. The van der Waals surface area contributed by atoms with Crippen molar-refractivity contribution in [1.82, 2.24) is 4.90 Å². The molecule has 0 radical (unpaired) electrons. The van der Waals surface area contributed by atoms with Gasteiger partial charge in [0, 0.05) is 13.5 Å². The minimum atomic E-state index is -3.01. The number of hydrogen-bond acceptors (Lipinski definition) is 4. The second kappa shape index (κ2) is 8.68. The fraction of sp³-hybridized carbons (Fsp3) is 0.273. The molecule has 0 unspecified atom stereocenters. The van der Waals surface area contributed by atoms with Crippen molar-refractivity contribution in [2.75, 3.05) is 13.7 Å². The van der Waals surface area contributed by atoms with Gasteiger partial charge in [0.25, 0.3) is 5.91 Å². The lowest BCUT2D eigenvalue weighted by atomic mass is 9.81. The second-order valence-corrected chi connectivity index (χ2v) is 6.84. The normalized spacial score (nSPS) is 18.1. The smallest absolute Gasteiger partial charge is 0.387 e. The molecular formula is C22H19F4N3O2. The maximum atomic E-state index is 14.3. The lowest BCUT2D eigenvalue weighted by Gasteiger charge is -2.27. The molecule has 0 fully saturated rings. The molecule has 31 heavy (non-hydrogen) atoms. The van der Waals surface area contributed by atoms with Gasteiger partial charge in [-0.05, 0) is 47.9 Å². The summed E-state index contributed by atoms with van der Waals surface area (Å²) in [7, 11) is 1.44. The number of ether oxygens (including phenoxy) is 1. The van der Waals surface area contributed by atoms with E-state index in [9.17, 15) is 22.4 Å². The van der Waals surface area contributed by atoms with Gasteiger partial charge in [-0.25, -0.2) is 9.38 Å². The van der Waals surface area contributed by atoms with Gasteiger partial charge >= 0.3 is 6.61 Å². The number of nitrogens with two attached hydrogens (primary N) is 1. The number of guanidine groups is 1. The van der Waals surface area contributed by atoms with Crippen LogP contribution in [0.1, 0.15) is 28.7 Å². The molecule has 0 saturated carbocycles. The molecule has 1 amide bonds. The summed E-state index contributed by atoms with van der Waals surface area (Å²) in [4.78, 5) is 18.8. The van der Waals surface area contributed by atoms with Crippen LogP contribution in [0.25, 0.3) is 0 Å². The quantitative estimate of drug-likeness (QED) is 0.580. The van der Waals surface area contributed by atoms with Gasteiger partial charge in [0.2, 0.25) is 0 Å². The molecule has 3 rings (SSSR count). The summed E-state index contributed by atoms with van der Waals surface area (Å²) in [6, 6.07) is 8.09. The Labute approximate surface area is 176 Å². The lowest BCUT2D eigenvalue weighted by molar-refractivity contribution is -0.129. The fourth-order valence-electron chi connectivity index (χ4n) is 3.34. The van der Waals surface area contributed by atoms with Crippen molar-refractivity contribution in [3.63, 3.8) is 0 Å². The average molecular weight is 433 g/mol. The van der Waals surface area contributed by atoms with Crippen molar-refractivity contribution >= 4 is 11.9 Å². The Morgan fingerprint density at radius 2 is 1.90 bits per heavy atom. The number of rotatable bonds is 5. The topological polar surface area (TPSA) is 67.9 Å². The number of carbonyl (C=O) groups excluding carboxylic acids is 1. The summed E-state index contributed by atoms with van der Waals surface area (Å²) in [5, 5.41) is 0. The summed E-state index contributed by atoms with van der Waals surface area (Å²) >= 11 is 0. The molecule has 1 aliphatic rings. The van der Waals surface area contributed by atoms with Crippen LogP contribution in [-0.2, 0) is 10.3 Å². The molecule has 9 heteroatoms. The highest BCUT2D eigenvalue weighted by Gasteiger charge is 2.49. The molecule has 2 aromatic carbocycles. The second-order valence-electron chi connectivity index (χ2n) is 6.84. The predicted molar refractivity (Wildman–Crippen MR) is 107 cm³/mol. The number of aliphatic imine (C=N–C) groups is 1. The Balaban J connectivity index is 2.20. The zero-order valence-corrected chi connectivity index (χ0v) is 16.8. The lowest BCUT2D eigenvalue weighted by Crippen LogP contribution is -2.41. The summed E-state index contributed by atoms with van der Waals surface area (Å²) < 4.78 is 56.3. The van der Waals surface area contributed by atoms with Gasteiger partial charge < -0.3 is 10.5 Å². The molecular weight excluding hydrogens is 414 g/mol. The molecule has 1 heterocycles. The number of aryl methyl sites for hydroxylation is 1. The number of benzene rings is 2. The van der Waals surface area contributed by atoms with Gasteiger partial charge in [-0.1, -0.05) is 24.0 Å². The van der Waals surface area contributed by atoms with E-state index < -0.39 is 30.5 Å². The summed E-state index contributed by atoms with van der Waals surface area (Å²) in [6.45, 7) is -2.13. The third-order valence-corrected chi connectivity index (χ3v) is 4.88. The Morgan fingerprint density at radius 3 is 2.48 bits per heavy atom. The summed E-state index contributed by atoms with van der Waals surface area (Å²) in [5.74, 6) is 3.80. The van der Waals surface area contributed by atoms with Gasteiger partial charge in [0.1, 0.15) is 18.2 Å². The minimum absolute atomic E-state index is 0.0316. The third-order valence-electron chi connectivity index (χ3n) is 4.88. The van der Waals surface area contributed by atoms with Gasteiger partial charge in [-0.15, -0.1) is 0 Å². The van der Waals surface area contributed by atoms with E-state index in [1.165, 1.54) is 37.4 Å². The number of hydrogen-bond donors (Lipinski definition) is 1. The first-order valence-electron chi connectivity index (χ1n) is 9.25. The van der Waals surface area contributed by atoms with E-state index >= 15 is 0 Å². The van der Waals surface area contributed by atoms with E-state index in [0.29, 0.717) is 11.1 Å². The summed E-state index contributed by atoms with van der Waals surface area (Å²) in [6.07, 6.45) is -0.0631. The van der Waals surface area contributed by atoms with E-state index in [4.69, 9.17) is 5.73 Å². The first-order chi connectivity index (χ1) is 14.7. The highest BCUT2D eigenvalue weighted by Crippen LogP contribution is 2.41. The average Bonchev–Trinajstić information content (AvgIpc) is 2.95. The molecule has 0 spiro atoms. The highest BCUT2D eigenvalue weighted by atomic mass is 19.3. The van der Waals surface area contributed by atoms with Crippen LogP contribution < -0.4 is 10.5 Å². The fourth-order valence-corrected chi connectivity index (χ4v) is 3.34. The van der Waals surface area contributed by atoms with E-state index in [0.717, 1.165) is 11.0 Å². The zero-order chi connectivity index (χ0) is 22.8. The van der Waals surface area contributed by atoms with Crippen LogP contribution in [0, 0.1) is 24.6 Å². The zero-order valence-electron chi connectivity index (χ0n) is 16.8. The van der Waals surface area contributed by atoms with Crippen LogP contribution in [-0.4, -0.2) is 37.1 Å². The van der Waals surface area contributed by atoms with Crippen molar-refractivity contribution in [1.29, 1.82) is 0 Å². The van der Waals surface area contributed by atoms with Crippen molar-refractivity contribution in [2.45, 2.75) is 25.5 Å². The maximum Gasteiger partial charge on any atom is 0.387 e. The van der Waals surface area contributed by atoms with Crippen LogP contribution in [0.5, 0.6) is 5.75 Å². The van der Waals surface area contributed by atoms with Crippen molar-refractivity contribution in [2.24, 2.45) is 10.7 Å². The molecule has 1 aliphatic heterocycles. The molecule has 0 aromatic heterocycles. The Bertz CT molecular complexity index is 1110. The Kier molecular flexibility index (Phi) is 6.20. The van der Waals surface area contributed by atoms with Gasteiger partial charge in [0.05, 0.1) is 5.56 Å².